The first-order valence-electron chi connectivity index (χ1n) is 8.40. The highest BCUT2D eigenvalue weighted by Gasteiger charge is 2.28. The summed E-state index contributed by atoms with van der Waals surface area (Å²) in [5.74, 6) is -2.24. The third-order valence-corrected chi connectivity index (χ3v) is 4.62. The monoisotopic (exact) mass is 411 g/mol. The molecule has 1 aliphatic rings. The maximum atomic E-state index is 14.3. The Balaban J connectivity index is 1.96. The molecule has 0 aromatic heterocycles. The largest absolute Gasteiger partial charge is 0.411 e. The van der Waals surface area contributed by atoms with Crippen molar-refractivity contribution >= 4 is 28.8 Å². The predicted molar refractivity (Wildman–Crippen MR) is 101 cm³/mol. The van der Waals surface area contributed by atoms with E-state index in [9.17, 15) is 18.4 Å². The molecular weight excluding hydrogens is 395 g/mol. The van der Waals surface area contributed by atoms with Crippen LogP contribution in [0.1, 0.15) is 16.7 Å². The SMILES string of the molecule is COCCN=C1Cc2c(/C(Cc3ccc(F)c(Cl)c3)=N/O)cc(F)c(F)c2N1. The van der Waals surface area contributed by atoms with Gasteiger partial charge in [-0.1, -0.05) is 22.8 Å². The normalized spacial score (nSPS) is 15.0. The van der Waals surface area contributed by atoms with Gasteiger partial charge in [0, 0.05) is 25.5 Å². The molecule has 148 valence electrons. The zero-order valence-electron chi connectivity index (χ0n) is 14.9. The Morgan fingerprint density at radius 3 is 2.71 bits per heavy atom. The lowest BCUT2D eigenvalue weighted by atomic mass is 9.95. The molecule has 9 heteroatoms. The van der Waals surface area contributed by atoms with Gasteiger partial charge in [0.2, 0.25) is 0 Å². The lowest BCUT2D eigenvalue weighted by molar-refractivity contribution is 0.208. The summed E-state index contributed by atoms with van der Waals surface area (Å²) >= 11 is 5.78. The number of amidine groups is 1. The van der Waals surface area contributed by atoms with Crippen molar-refractivity contribution in [1.29, 1.82) is 0 Å². The maximum absolute atomic E-state index is 14.3. The maximum Gasteiger partial charge on any atom is 0.182 e. The molecule has 5 nitrogen and oxygen atoms in total. The number of hydrogen-bond donors (Lipinski definition) is 2. The number of methoxy groups -OCH3 is 1. The summed E-state index contributed by atoms with van der Waals surface area (Å²) in [6.45, 7) is 0.751. The van der Waals surface area contributed by atoms with E-state index < -0.39 is 17.5 Å². The van der Waals surface area contributed by atoms with Crippen molar-refractivity contribution in [2.75, 3.05) is 25.6 Å². The van der Waals surface area contributed by atoms with Gasteiger partial charge in [0.1, 0.15) is 11.7 Å². The first-order chi connectivity index (χ1) is 13.4. The van der Waals surface area contributed by atoms with Gasteiger partial charge in [-0.2, -0.15) is 0 Å². The quantitative estimate of drug-likeness (QED) is 0.324. The number of fused-ring (bicyclic) bond motifs is 1. The van der Waals surface area contributed by atoms with E-state index in [0.717, 1.165) is 6.07 Å². The third kappa shape index (κ3) is 4.13. The van der Waals surface area contributed by atoms with Gasteiger partial charge in [-0.25, -0.2) is 13.2 Å². The number of oxime groups is 1. The summed E-state index contributed by atoms with van der Waals surface area (Å²) in [4.78, 5) is 4.26. The number of nitrogens with zero attached hydrogens (tertiary/aromatic N) is 2. The van der Waals surface area contributed by atoms with Crippen LogP contribution in [0, 0.1) is 17.5 Å². The van der Waals surface area contributed by atoms with Gasteiger partial charge in [0.05, 0.1) is 29.6 Å². The highest BCUT2D eigenvalue weighted by atomic mass is 35.5. The Labute approximate surface area is 164 Å². The van der Waals surface area contributed by atoms with Crippen LogP contribution in [0.3, 0.4) is 0 Å². The fourth-order valence-corrected chi connectivity index (χ4v) is 3.19. The zero-order chi connectivity index (χ0) is 20.3. The molecule has 0 amide bonds. The Hall–Kier alpha value is -2.58. The van der Waals surface area contributed by atoms with Crippen LogP contribution in [0.15, 0.2) is 34.4 Å². The van der Waals surface area contributed by atoms with Crippen molar-refractivity contribution in [1.82, 2.24) is 0 Å². The van der Waals surface area contributed by atoms with Crippen molar-refractivity contribution in [3.05, 3.63) is 63.4 Å². The van der Waals surface area contributed by atoms with E-state index >= 15 is 0 Å². The topological polar surface area (TPSA) is 66.2 Å². The van der Waals surface area contributed by atoms with Gasteiger partial charge in [-0.3, -0.25) is 4.99 Å². The van der Waals surface area contributed by atoms with Crippen LogP contribution in [0.25, 0.3) is 0 Å². The average molecular weight is 412 g/mol. The molecule has 1 aliphatic heterocycles. The molecule has 0 spiro atoms. The van der Waals surface area contributed by atoms with Crippen molar-refractivity contribution in [3.63, 3.8) is 0 Å². The Morgan fingerprint density at radius 1 is 1.25 bits per heavy atom. The van der Waals surface area contributed by atoms with Gasteiger partial charge >= 0.3 is 0 Å². The minimum absolute atomic E-state index is 0.0375. The molecule has 3 rings (SSSR count). The second-order valence-electron chi connectivity index (χ2n) is 6.17. The van der Waals surface area contributed by atoms with Crippen molar-refractivity contribution in [3.8, 4) is 0 Å². The summed E-state index contributed by atoms with van der Waals surface area (Å²) in [5.41, 5.74) is 1.28. The predicted octanol–water partition coefficient (Wildman–Crippen LogP) is 4.19. The number of benzene rings is 2. The second-order valence-corrected chi connectivity index (χ2v) is 6.58. The number of rotatable bonds is 6. The Morgan fingerprint density at radius 2 is 2.04 bits per heavy atom. The van der Waals surface area contributed by atoms with Gasteiger partial charge in [-0.05, 0) is 29.3 Å². The summed E-state index contributed by atoms with van der Waals surface area (Å²) in [7, 11) is 1.54. The Kier molecular flexibility index (Phi) is 6.21. The lowest BCUT2D eigenvalue weighted by Crippen LogP contribution is -2.10. The molecule has 2 aromatic rings. The van der Waals surface area contributed by atoms with Crippen LogP contribution in [0.4, 0.5) is 18.9 Å². The van der Waals surface area contributed by atoms with Crippen molar-refractivity contribution < 1.29 is 23.1 Å². The number of halogens is 4. The fraction of sp³-hybridized carbons (Fsp3) is 0.263. The number of ether oxygens (including phenoxy) is 1. The first kappa shape index (κ1) is 20.2. The van der Waals surface area contributed by atoms with Gasteiger partial charge in [0.25, 0.3) is 0 Å². The summed E-state index contributed by atoms with van der Waals surface area (Å²) in [6, 6.07) is 5.03. The van der Waals surface area contributed by atoms with E-state index in [0.29, 0.717) is 30.1 Å². The molecule has 2 N–H and O–H groups in total. The van der Waals surface area contributed by atoms with Crippen LogP contribution in [-0.4, -0.2) is 37.0 Å². The molecule has 0 aliphatic carbocycles. The highest BCUT2D eigenvalue weighted by molar-refractivity contribution is 6.30. The standard InChI is InChI=1S/C19H17ClF3N3O2/c1-28-5-4-24-17-9-12-11(8-15(22)18(23)19(12)25-17)16(26-27)7-10-2-3-14(21)13(20)6-10/h2-3,6,8,27H,4-5,7,9H2,1H3,(H,24,25)/b26-16+. The van der Waals surface area contributed by atoms with Crippen molar-refractivity contribution in [2.45, 2.75) is 12.8 Å². The molecule has 0 atom stereocenters. The van der Waals surface area contributed by atoms with E-state index in [4.69, 9.17) is 16.3 Å². The second kappa shape index (κ2) is 8.62. The van der Waals surface area contributed by atoms with Gasteiger partial charge < -0.3 is 15.3 Å². The van der Waals surface area contributed by atoms with Crippen LogP contribution >= 0.6 is 11.6 Å². The summed E-state index contributed by atoms with van der Waals surface area (Å²) < 4.78 is 46.7. The third-order valence-electron chi connectivity index (χ3n) is 4.33. The molecule has 0 saturated carbocycles. The van der Waals surface area contributed by atoms with E-state index in [2.05, 4.69) is 15.5 Å². The fourth-order valence-electron chi connectivity index (χ4n) is 2.99. The number of aliphatic imine (C=N–C) groups is 1. The van der Waals surface area contributed by atoms with Gasteiger partial charge in [0.15, 0.2) is 11.6 Å². The highest BCUT2D eigenvalue weighted by Crippen LogP contribution is 2.33. The molecular formula is C19H17ClF3N3O2. The van der Waals surface area contributed by atoms with Gasteiger partial charge in [-0.15, -0.1) is 0 Å². The number of nitrogens with one attached hydrogen (secondary N) is 1. The van der Waals surface area contributed by atoms with Crippen molar-refractivity contribution in [2.24, 2.45) is 10.1 Å². The zero-order valence-corrected chi connectivity index (χ0v) is 15.7. The molecule has 2 aromatic carbocycles. The molecule has 0 unspecified atom stereocenters. The molecule has 0 saturated heterocycles. The van der Waals surface area contributed by atoms with Crippen LogP contribution in [-0.2, 0) is 17.6 Å². The van der Waals surface area contributed by atoms with E-state index in [1.54, 1.807) is 0 Å². The minimum atomic E-state index is -1.09. The average Bonchev–Trinajstić information content (AvgIpc) is 3.10. The van der Waals surface area contributed by atoms with E-state index in [1.165, 1.54) is 25.3 Å². The van der Waals surface area contributed by atoms with Crippen LogP contribution < -0.4 is 5.32 Å². The number of hydrogen-bond acceptors (Lipinski definition) is 4. The molecule has 28 heavy (non-hydrogen) atoms. The van der Waals surface area contributed by atoms with E-state index in [-0.39, 0.29) is 34.8 Å². The summed E-state index contributed by atoms with van der Waals surface area (Å²) in [6.07, 6.45) is 0.263. The first-order valence-corrected chi connectivity index (χ1v) is 8.77. The minimum Gasteiger partial charge on any atom is -0.411 e. The molecule has 0 radical (unpaired) electrons. The molecule has 1 heterocycles. The molecule has 0 bridgehead atoms. The van der Waals surface area contributed by atoms with E-state index in [1.807, 2.05) is 0 Å². The summed E-state index contributed by atoms with van der Waals surface area (Å²) in [5, 5.41) is 15.4. The Bertz CT molecular complexity index is 964. The number of anilines is 1. The smallest absolute Gasteiger partial charge is 0.182 e. The van der Waals surface area contributed by atoms with Crippen LogP contribution in [0.5, 0.6) is 0 Å². The molecule has 0 fully saturated rings. The van der Waals surface area contributed by atoms with Crippen LogP contribution in [0.2, 0.25) is 5.02 Å². The lowest BCUT2D eigenvalue weighted by Gasteiger charge is -2.11.